The van der Waals surface area contributed by atoms with Crippen molar-refractivity contribution in [2.75, 3.05) is 20.1 Å². The van der Waals surface area contributed by atoms with E-state index in [-0.39, 0.29) is 11.9 Å². The number of hydrogen-bond acceptors (Lipinski definition) is 3. The lowest BCUT2D eigenvalue weighted by molar-refractivity contribution is -0.0276. The molecule has 3 aromatic rings. The van der Waals surface area contributed by atoms with Crippen molar-refractivity contribution in [1.82, 2.24) is 14.9 Å². The van der Waals surface area contributed by atoms with Crippen LogP contribution in [0.25, 0.3) is 11.0 Å². The van der Waals surface area contributed by atoms with E-state index in [2.05, 4.69) is 21.9 Å². The molecule has 1 N–H and O–H groups in total. The molecule has 4 rings (SSSR count). The molecule has 1 saturated heterocycles. The fourth-order valence-corrected chi connectivity index (χ4v) is 3.54. The molecule has 1 aliphatic heterocycles. The number of nitrogens with one attached hydrogen (secondary N) is 1. The van der Waals surface area contributed by atoms with Gasteiger partial charge in [-0.05, 0) is 50.6 Å². The number of aryl methyl sites for hydroxylation is 1. The molecule has 0 amide bonds. The summed E-state index contributed by atoms with van der Waals surface area (Å²) >= 11 is 0. The number of piperidine rings is 1. The molecule has 26 heavy (non-hydrogen) atoms. The molecule has 0 spiro atoms. The molecule has 0 bridgehead atoms. The largest absolute Gasteiger partial charge is 0.362 e. The van der Waals surface area contributed by atoms with E-state index in [1.807, 2.05) is 43.3 Å². The minimum atomic E-state index is -0.531. The Morgan fingerprint density at radius 1 is 1.19 bits per heavy atom. The second-order valence-corrected chi connectivity index (χ2v) is 7.18. The Labute approximate surface area is 153 Å². The number of H-pyrrole nitrogens is 1. The van der Waals surface area contributed by atoms with Crippen molar-refractivity contribution in [1.29, 1.82) is 0 Å². The molecule has 0 radical (unpaired) electrons. The number of hydrogen-bond donors (Lipinski definition) is 1. The van der Waals surface area contributed by atoms with Gasteiger partial charge in [-0.1, -0.05) is 24.3 Å². The first-order chi connectivity index (χ1) is 12.6. The third kappa shape index (κ3) is 3.50. The predicted octanol–water partition coefficient (Wildman–Crippen LogP) is 4.21. The molecular weight excluding hydrogens is 329 g/mol. The molecule has 136 valence electrons. The van der Waals surface area contributed by atoms with Crippen LogP contribution in [0.1, 0.15) is 35.9 Å². The average Bonchev–Trinajstić information content (AvgIpc) is 3.06. The average molecular weight is 353 g/mol. The zero-order chi connectivity index (χ0) is 18.1. The third-order valence-electron chi connectivity index (χ3n) is 5.09. The lowest BCUT2D eigenvalue weighted by Crippen LogP contribution is -2.35. The number of aromatic nitrogens is 2. The van der Waals surface area contributed by atoms with Gasteiger partial charge in [-0.2, -0.15) is 0 Å². The summed E-state index contributed by atoms with van der Waals surface area (Å²) in [6.07, 6.45) is 1.46. The highest BCUT2D eigenvalue weighted by Crippen LogP contribution is 2.31. The number of para-hydroxylation sites is 2. The summed E-state index contributed by atoms with van der Waals surface area (Å²) in [5, 5.41) is 0. The van der Waals surface area contributed by atoms with Gasteiger partial charge in [0.1, 0.15) is 17.7 Å². The molecule has 5 heteroatoms. The van der Waals surface area contributed by atoms with Gasteiger partial charge in [0, 0.05) is 18.7 Å². The Balaban J connectivity index is 1.70. The van der Waals surface area contributed by atoms with Crippen molar-refractivity contribution < 1.29 is 9.13 Å². The SMILES string of the molecule is Cc1ccc([C@@H](OC2CCN(C)CC2)c2nc3ccccc3[nH]2)c(F)c1. The first-order valence-electron chi connectivity index (χ1n) is 9.15. The standard InChI is InChI=1S/C21H24FN3O/c1-14-7-8-16(17(22)13-14)20(26-15-9-11-25(2)12-10-15)21-23-18-5-3-4-6-19(18)24-21/h3-8,13,15,20H,9-12H2,1-2H3,(H,23,24)/t20-/m1/s1. The molecule has 1 atom stereocenters. The Morgan fingerprint density at radius 3 is 2.69 bits per heavy atom. The van der Waals surface area contributed by atoms with Crippen molar-refractivity contribution in [2.45, 2.75) is 32.0 Å². The molecule has 0 aliphatic carbocycles. The lowest BCUT2D eigenvalue weighted by atomic mass is 10.0. The molecule has 0 saturated carbocycles. The normalized spacial score (nSPS) is 17.7. The highest BCUT2D eigenvalue weighted by Gasteiger charge is 2.27. The van der Waals surface area contributed by atoms with E-state index in [1.165, 1.54) is 0 Å². The molecule has 1 aromatic heterocycles. The van der Waals surface area contributed by atoms with Crippen LogP contribution in [0.3, 0.4) is 0 Å². The molecule has 0 unspecified atom stereocenters. The van der Waals surface area contributed by atoms with Crippen LogP contribution in [0.15, 0.2) is 42.5 Å². The predicted molar refractivity (Wildman–Crippen MR) is 101 cm³/mol. The Hall–Kier alpha value is -2.24. The number of imidazole rings is 1. The second kappa shape index (κ2) is 7.17. The van der Waals surface area contributed by atoms with E-state index in [1.54, 1.807) is 6.07 Å². The molecule has 2 heterocycles. The highest BCUT2D eigenvalue weighted by molar-refractivity contribution is 5.74. The fraction of sp³-hybridized carbons (Fsp3) is 0.381. The minimum Gasteiger partial charge on any atom is -0.362 e. The van der Waals surface area contributed by atoms with Gasteiger partial charge in [0.2, 0.25) is 0 Å². The zero-order valence-electron chi connectivity index (χ0n) is 15.2. The van der Waals surface area contributed by atoms with Crippen LogP contribution in [-0.4, -0.2) is 41.1 Å². The van der Waals surface area contributed by atoms with Gasteiger partial charge in [0.05, 0.1) is 17.1 Å². The maximum absolute atomic E-state index is 14.7. The van der Waals surface area contributed by atoms with Gasteiger partial charge in [-0.25, -0.2) is 9.37 Å². The Bertz CT molecular complexity index is 866. The smallest absolute Gasteiger partial charge is 0.143 e. The number of likely N-dealkylation sites (tertiary alicyclic amines) is 1. The Kier molecular flexibility index (Phi) is 4.74. The maximum atomic E-state index is 14.7. The maximum Gasteiger partial charge on any atom is 0.143 e. The summed E-state index contributed by atoms with van der Waals surface area (Å²) in [4.78, 5) is 10.3. The lowest BCUT2D eigenvalue weighted by Gasteiger charge is -2.31. The number of ether oxygens (including phenoxy) is 1. The number of aromatic amines is 1. The molecular formula is C21H24FN3O. The first-order valence-corrected chi connectivity index (χ1v) is 9.15. The fourth-order valence-electron chi connectivity index (χ4n) is 3.54. The van der Waals surface area contributed by atoms with Gasteiger partial charge in [0.15, 0.2) is 0 Å². The van der Waals surface area contributed by atoms with E-state index in [9.17, 15) is 4.39 Å². The van der Waals surface area contributed by atoms with E-state index >= 15 is 0 Å². The molecule has 1 aliphatic rings. The summed E-state index contributed by atoms with van der Waals surface area (Å²) in [5.41, 5.74) is 3.24. The molecule has 1 fully saturated rings. The topological polar surface area (TPSA) is 41.1 Å². The van der Waals surface area contributed by atoms with Crippen molar-refractivity contribution >= 4 is 11.0 Å². The summed E-state index contributed by atoms with van der Waals surface area (Å²) in [6, 6.07) is 13.1. The number of fused-ring (bicyclic) bond motifs is 1. The summed E-state index contributed by atoms with van der Waals surface area (Å²) in [5.74, 6) is 0.413. The van der Waals surface area contributed by atoms with E-state index in [4.69, 9.17) is 4.74 Å². The van der Waals surface area contributed by atoms with Crippen LogP contribution in [0.5, 0.6) is 0 Å². The molecule has 4 nitrogen and oxygen atoms in total. The summed E-state index contributed by atoms with van der Waals surface area (Å²) in [6.45, 7) is 3.88. The van der Waals surface area contributed by atoms with Gasteiger partial charge in [0.25, 0.3) is 0 Å². The Morgan fingerprint density at radius 2 is 1.96 bits per heavy atom. The number of nitrogens with zero attached hydrogens (tertiary/aromatic N) is 2. The van der Waals surface area contributed by atoms with Gasteiger partial charge >= 0.3 is 0 Å². The van der Waals surface area contributed by atoms with Crippen LogP contribution in [0.2, 0.25) is 0 Å². The highest BCUT2D eigenvalue weighted by atomic mass is 19.1. The first kappa shape index (κ1) is 17.2. The van der Waals surface area contributed by atoms with E-state index in [0.717, 1.165) is 42.5 Å². The van der Waals surface area contributed by atoms with Crippen molar-refractivity contribution in [3.8, 4) is 0 Å². The summed E-state index contributed by atoms with van der Waals surface area (Å²) in [7, 11) is 2.12. The minimum absolute atomic E-state index is 0.102. The van der Waals surface area contributed by atoms with Crippen LogP contribution in [-0.2, 0) is 4.74 Å². The van der Waals surface area contributed by atoms with Crippen molar-refractivity contribution in [3.05, 3.63) is 65.2 Å². The van der Waals surface area contributed by atoms with E-state index in [0.29, 0.717) is 11.4 Å². The van der Waals surface area contributed by atoms with Crippen LogP contribution < -0.4 is 0 Å². The number of halogens is 1. The van der Waals surface area contributed by atoms with Gasteiger partial charge in [-0.3, -0.25) is 0 Å². The van der Waals surface area contributed by atoms with E-state index < -0.39 is 6.10 Å². The van der Waals surface area contributed by atoms with Crippen LogP contribution in [0.4, 0.5) is 4.39 Å². The van der Waals surface area contributed by atoms with Crippen molar-refractivity contribution in [3.63, 3.8) is 0 Å². The zero-order valence-corrected chi connectivity index (χ0v) is 15.2. The molecule has 2 aromatic carbocycles. The third-order valence-corrected chi connectivity index (χ3v) is 5.09. The second-order valence-electron chi connectivity index (χ2n) is 7.18. The van der Waals surface area contributed by atoms with Gasteiger partial charge in [-0.15, -0.1) is 0 Å². The number of benzene rings is 2. The quantitative estimate of drug-likeness (QED) is 0.764. The van der Waals surface area contributed by atoms with Crippen LogP contribution in [0, 0.1) is 12.7 Å². The van der Waals surface area contributed by atoms with Crippen molar-refractivity contribution in [2.24, 2.45) is 0 Å². The summed E-state index contributed by atoms with van der Waals surface area (Å²) < 4.78 is 21.1. The monoisotopic (exact) mass is 353 g/mol. The van der Waals surface area contributed by atoms with Crippen LogP contribution >= 0.6 is 0 Å². The number of rotatable bonds is 4. The van der Waals surface area contributed by atoms with Gasteiger partial charge < -0.3 is 14.6 Å².